The molecule has 0 spiro atoms. The molecule has 0 unspecified atom stereocenters. The van der Waals surface area contributed by atoms with Gasteiger partial charge in [0.2, 0.25) is 15.9 Å². The number of amides is 1. The van der Waals surface area contributed by atoms with Crippen molar-refractivity contribution in [3.63, 3.8) is 0 Å². The van der Waals surface area contributed by atoms with Crippen molar-refractivity contribution in [2.24, 2.45) is 5.41 Å². The van der Waals surface area contributed by atoms with Gasteiger partial charge < -0.3 is 15.2 Å². The fraction of sp³-hybridized carbons (Fsp3) is 0.444. The van der Waals surface area contributed by atoms with Gasteiger partial charge in [-0.1, -0.05) is 32.1 Å². The molecule has 0 aliphatic rings. The molecule has 0 saturated heterocycles. The minimum absolute atomic E-state index is 0.0333. The van der Waals surface area contributed by atoms with Crippen LogP contribution in [0.15, 0.2) is 23.1 Å². The van der Waals surface area contributed by atoms with E-state index in [9.17, 15) is 13.2 Å². The Morgan fingerprint density at radius 2 is 2.00 bits per heavy atom. The number of benzene rings is 1. The lowest BCUT2D eigenvalue weighted by molar-refractivity contribution is -0.123. The summed E-state index contributed by atoms with van der Waals surface area (Å²) in [6, 6.07) is 4.80. The van der Waals surface area contributed by atoms with E-state index >= 15 is 0 Å². The predicted octanol–water partition coefficient (Wildman–Crippen LogP) is 2.38. The third kappa shape index (κ3) is 5.07. The van der Waals surface area contributed by atoms with E-state index in [1.807, 2.05) is 20.8 Å². The lowest BCUT2D eigenvalue weighted by Gasteiger charge is -2.15. The summed E-state index contributed by atoms with van der Waals surface area (Å²) in [5.74, 6) is 0.0385. The zero-order valence-electron chi connectivity index (χ0n) is 16.5. The average molecular weight is 428 g/mol. The van der Waals surface area contributed by atoms with Crippen LogP contribution in [0.2, 0.25) is 0 Å². The topological polar surface area (TPSA) is 118 Å². The Kier molecular flexibility index (Phi) is 6.81. The third-order valence-corrected chi connectivity index (χ3v) is 6.42. The number of aromatic nitrogens is 1. The SMILES string of the molecule is COc1ccc(-c2sc(NC(=O)C(C)(C)C)nc2C)cc1S(=O)(=O)NCCO. The van der Waals surface area contributed by atoms with Gasteiger partial charge in [-0.3, -0.25) is 4.79 Å². The van der Waals surface area contributed by atoms with E-state index in [-0.39, 0.29) is 29.7 Å². The molecule has 154 valence electrons. The highest BCUT2D eigenvalue weighted by atomic mass is 32.2. The number of aliphatic hydroxyl groups is 1. The second-order valence-electron chi connectivity index (χ2n) is 7.12. The normalized spacial score (nSPS) is 12.1. The van der Waals surface area contributed by atoms with E-state index < -0.39 is 15.4 Å². The quantitative estimate of drug-likeness (QED) is 0.624. The number of hydrogen-bond donors (Lipinski definition) is 3. The number of anilines is 1. The number of nitrogens with zero attached hydrogens (tertiary/aromatic N) is 1. The molecule has 2 rings (SSSR count). The molecule has 2 aromatic rings. The fourth-order valence-corrected chi connectivity index (χ4v) is 4.46. The van der Waals surface area contributed by atoms with Crippen LogP contribution in [0.1, 0.15) is 26.5 Å². The third-order valence-electron chi connectivity index (χ3n) is 3.82. The number of nitrogens with one attached hydrogen (secondary N) is 2. The molecule has 3 N–H and O–H groups in total. The molecule has 0 aliphatic heterocycles. The Labute approximate surface area is 169 Å². The van der Waals surface area contributed by atoms with Gasteiger partial charge in [0.25, 0.3) is 0 Å². The van der Waals surface area contributed by atoms with Crippen LogP contribution >= 0.6 is 11.3 Å². The number of rotatable bonds is 7. The molecule has 0 radical (unpaired) electrons. The van der Waals surface area contributed by atoms with E-state index in [2.05, 4.69) is 15.0 Å². The summed E-state index contributed by atoms with van der Waals surface area (Å²) < 4.78 is 32.5. The van der Waals surface area contributed by atoms with Crippen LogP contribution in [0.25, 0.3) is 10.4 Å². The minimum atomic E-state index is -3.86. The van der Waals surface area contributed by atoms with Crippen LogP contribution in [0.5, 0.6) is 5.75 Å². The predicted molar refractivity (Wildman–Crippen MR) is 109 cm³/mol. The fourth-order valence-electron chi connectivity index (χ4n) is 2.29. The van der Waals surface area contributed by atoms with Gasteiger partial charge in [0, 0.05) is 12.0 Å². The maximum atomic E-state index is 12.5. The van der Waals surface area contributed by atoms with Crippen LogP contribution in [0.3, 0.4) is 0 Å². The van der Waals surface area contributed by atoms with E-state index in [0.29, 0.717) is 16.4 Å². The first kappa shape index (κ1) is 22.3. The summed E-state index contributed by atoms with van der Waals surface area (Å²) in [4.78, 5) is 17.3. The molecule has 0 atom stereocenters. The lowest BCUT2D eigenvalue weighted by Crippen LogP contribution is -2.27. The first-order valence-corrected chi connectivity index (χ1v) is 10.9. The van der Waals surface area contributed by atoms with Gasteiger partial charge in [0.1, 0.15) is 10.6 Å². The summed E-state index contributed by atoms with van der Waals surface area (Å²) in [6.07, 6.45) is 0. The van der Waals surface area contributed by atoms with E-state index in [0.717, 1.165) is 4.88 Å². The van der Waals surface area contributed by atoms with Crippen molar-refractivity contribution >= 4 is 32.4 Å². The molecule has 28 heavy (non-hydrogen) atoms. The van der Waals surface area contributed by atoms with Crippen molar-refractivity contribution in [1.82, 2.24) is 9.71 Å². The van der Waals surface area contributed by atoms with E-state index in [1.54, 1.807) is 19.1 Å². The van der Waals surface area contributed by atoms with Gasteiger partial charge >= 0.3 is 0 Å². The average Bonchev–Trinajstić information content (AvgIpc) is 2.98. The maximum absolute atomic E-state index is 12.5. The number of carbonyl (C=O) groups is 1. The van der Waals surface area contributed by atoms with Crippen LogP contribution in [-0.2, 0) is 14.8 Å². The van der Waals surface area contributed by atoms with Crippen molar-refractivity contribution in [1.29, 1.82) is 0 Å². The molecule has 1 amide bonds. The number of carbonyl (C=O) groups excluding carboxylic acids is 1. The molecule has 0 saturated carbocycles. The van der Waals surface area contributed by atoms with Gasteiger partial charge in [-0.25, -0.2) is 18.1 Å². The van der Waals surface area contributed by atoms with Crippen molar-refractivity contribution in [2.45, 2.75) is 32.6 Å². The smallest absolute Gasteiger partial charge is 0.244 e. The summed E-state index contributed by atoms with van der Waals surface area (Å²) >= 11 is 1.27. The highest BCUT2D eigenvalue weighted by Gasteiger charge is 2.24. The van der Waals surface area contributed by atoms with Crippen LogP contribution in [0.4, 0.5) is 5.13 Å². The minimum Gasteiger partial charge on any atom is -0.495 e. The second-order valence-corrected chi connectivity index (χ2v) is 9.86. The number of thiazole rings is 1. The first-order chi connectivity index (χ1) is 13.0. The van der Waals surface area contributed by atoms with Gasteiger partial charge in [0.05, 0.1) is 24.3 Å². The molecule has 10 heteroatoms. The molecular weight excluding hydrogens is 402 g/mol. The number of ether oxygens (including phenoxy) is 1. The Morgan fingerprint density at radius 1 is 1.32 bits per heavy atom. The summed E-state index contributed by atoms with van der Waals surface area (Å²) in [7, 11) is -2.47. The van der Waals surface area contributed by atoms with Gasteiger partial charge in [-0.2, -0.15) is 0 Å². The monoisotopic (exact) mass is 427 g/mol. The van der Waals surface area contributed by atoms with Gasteiger partial charge in [0.15, 0.2) is 5.13 Å². The molecule has 8 nitrogen and oxygen atoms in total. The molecule has 0 bridgehead atoms. The number of aliphatic hydroxyl groups excluding tert-OH is 1. The maximum Gasteiger partial charge on any atom is 0.244 e. The highest BCUT2D eigenvalue weighted by molar-refractivity contribution is 7.89. The summed E-state index contributed by atoms with van der Waals surface area (Å²) in [6.45, 7) is 6.81. The zero-order valence-corrected chi connectivity index (χ0v) is 18.1. The van der Waals surface area contributed by atoms with Crippen molar-refractivity contribution in [3.05, 3.63) is 23.9 Å². The van der Waals surface area contributed by atoms with E-state index in [4.69, 9.17) is 9.84 Å². The second kappa shape index (κ2) is 8.56. The zero-order chi connectivity index (χ0) is 21.1. The summed E-state index contributed by atoms with van der Waals surface area (Å²) in [5, 5.41) is 12.1. The first-order valence-electron chi connectivity index (χ1n) is 8.57. The number of aryl methyl sites for hydroxylation is 1. The van der Waals surface area contributed by atoms with Crippen LogP contribution < -0.4 is 14.8 Å². The molecule has 1 heterocycles. The van der Waals surface area contributed by atoms with E-state index in [1.165, 1.54) is 24.5 Å². The number of sulfonamides is 1. The standard InChI is InChI=1S/C18H25N3O5S2/c1-11-15(27-17(20-11)21-16(23)18(2,3)4)12-6-7-13(26-5)14(10-12)28(24,25)19-8-9-22/h6-7,10,19,22H,8-9H2,1-5H3,(H,20,21,23). The molecule has 0 fully saturated rings. The lowest BCUT2D eigenvalue weighted by atomic mass is 9.96. The Balaban J connectivity index is 2.44. The largest absolute Gasteiger partial charge is 0.495 e. The van der Waals surface area contributed by atoms with Crippen LogP contribution in [-0.4, -0.2) is 44.7 Å². The van der Waals surface area contributed by atoms with Gasteiger partial charge in [-0.05, 0) is 30.7 Å². The highest BCUT2D eigenvalue weighted by Crippen LogP contribution is 2.36. The Bertz CT molecular complexity index is 962. The Hall–Kier alpha value is -2.01. The van der Waals surface area contributed by atoms with Crippen LogP contribution in [0, 0.1) is 12.3 Å². The Morgan fingerprint density at radius 3 is 2.57 bits per heavy atom. The molecule has 1 aromatic heterocycles. The molecule has 0 aliphatic carbocycles. The number of methoxy groups -OCH3 is 1. The molecule has 1 aromatic carbocycles. The van der Waals surface area contributed by atoms with Crippen molar-refractivity contribution in [3.8, 4) is 16.2 Å². The number of hydrogen-bond acceptors (Lipinski definition) is 7. The van der Waals surface area contributed by atoms with Gasteiger partial charge in [-0.15, -0.1) is 0 Å². The summed E-state index contributed by atoms with van der Waals surface area (Å²) in [5.41, 5.74) is 0.752. The molecular formula is C18H25N3O5S2. The van der Waals surface area contributed by atoms with Crippen molar-refractivity contribution in [2.75, 3.05) is 25.6 Å². The van der Waals surface area contributed by atoms with Crippen molar-refractivity contribution < 1.29 is 23.1 Å².